The molecule has 4 nitrogen and oxygen atoms in total. The van der Waals surface area contributed by atoms with Crippen molar-refractivity contribution in [2.45, 2.75) is 31.3 Å². The van der Waals surface area contributed by atoms with Crippen molar-refractivity contribution in [1.82, 2.24) is 10.2 Å². The van der Waals surface area contributed by atoms with Crippen molar-refractivity contribution < 1.29 is 4.79 Å². The van der Waals surface area contributed by atoms with E-state index in [1.54, 1.807) is 0 Å². The van der Waals surface area contributed by atoms with Crippen LogP contribution in [0.4, 0.5) is 5.69 Å². The molecule has 0 spiro atoms. The Kier molecular flexibility index (Phi) is 5.84. The largest absolute Gasteiger partial charge is 0.369 e. The van der Waals surface area contributed by atoms with Crippen molar-refractivity contribution in [2.75, 3.05) is 43.1 Å². The molecule has 2 fully saturated rings. The van der Waals surface area contributed by atoms with Gasteiger partial charge in [-0.15, -0.1) is 0 Å². The molecule has 2 heterocycles. The first-order chi connectivity index (χ1) is 11.2. The van der Waals surface area contributed by atoms with E-state index >= 15 is 0 Å². The molecule has 2 aliphatic rings. The molecule has 2 unspecified atom stereocenters. The summed E-state index contributed by atoms with van der Waals surface area (Å²) in [5.74, 6) is 2.50. The predicted molar refractivity (Wildman–Crippen MR) is 98.2 cm³/mol. The van der Waals surface area contributed by atoms with Crippen LogP contribution in [0.3, 0.4) is 0 Å². The van der Waals surface area contributed by atoms with Crippen molar-refractivity contribution in [3.8, 4) is 0 Å². The van der Waals surface area contributed by atoms with Crippen LogP contribution in [-0.2, 0) is 4.79 Å². The molecule has 2 atom stereocenters. The summed E-state index contributed by atoms with van der Waals surface area (Å²) in [6, 6.07) is 11.2. The Balaban J connectivity index is 1.55. The monoisotopic (exact) mass is 333 g/mol. The number of carbonyl (C=O) groups excluding carboxylic acids is 1. The molecule has 126 valence electrons. The summed E-state index contributed by atoms with van der Waals surface area (Å²) in [5, 5.41) is 3.46. The van der Waals surface area contributed by atoms with E-state index < -0.39 is 0 Å². The first-order valence-corrected chi connectivity index (χ1v) is 9.76. The van der Waals surface area contributed by atoms with Crippen LogP contribution in [0.2, 0.25) is 0 Å². The summed E-state index contributed by atoms with van der Waals surface area (Å²) in [6.45, 7) is 3.06. The topological polar surface area (TPSA) is 35.6 Å². The van der Waals surface area contributed by atoms with Gasteiger partial charge in [0.05, 0.1) is 0 Å². The molecule has 2 saturated heterocycles. The average molecular weight is 334 g/mol. The Hall–Kier alpha value is -1.20. The maximum absolute atomic E-state index is 12.6. The number of nitrogens with zero attached hydrogens (tertiary/aromatic N) is 2. The summed E-state index contributed by atoms with van der Waals surface area (Å²) in [4.78, 5) is 17.0. The number of likely N-dealkylation sites (N-methyl/N-ethyl adjacent to an activating group) is 1. The Morgan fingerprint density at radius 2 is 2.22 bits per heavy atom. The number of thioether (sulfide) groups is 1. The number of para-hydroxylation sites is 1. The summed E-state index contributed by atoms with van der Waals surface area (Å²) in [7, 11) is 1.98. The minimum absolute atomic E-state index is 0.282. The van der Waals surface area contributed by atoms with E-state index in [1.807, 2.05) is 23.7 Å². The number of anilines is 1. The molecule has 0 aliphatic carbocycles. The lowest BCUT2D eigenvalue weighted by molar-refractivity contribution is -0.132. The number of hydrogen-bond acceptors (Lipinski definition) is 4. The Morgan fingerprint density at radius 3 is 2.96 bits per heavy atom. The molecule has 1 N–H and O–H groups in total. The van der Waals surface area contributed by atoms with Gasteiger partial charge in [0, 0.05) is 62.4 Å². The lowest BCUT2D eigenvalue weighted by Crippen LogP contribution is -2.50. The molecule has 23 heavy (non-hydrogen) atoms. The van der Waals surface area contributed by atoms with Gasteiger partial charge in [-0.05, 0) is 25.0 Å². The molecule has 1 amide bonds. The van der Waals surface area contributed by atoms with Crippen LogP contribution in [0.5, 0.6) is 0 Å². The molecule has 3 rings (SSSR count). The highest BCUT2D eigenvalue weighted by Gasteiger charge is 2.27. The van der Waals surface area contributed by atoms with E-state index in [9.17, 15) is 4.79 Å². The third-order valence-electron chi connectivity index (χ3n) is 4.88. The Labute approximate surface area is 143 Å². The van der Waals surface area contributed by atoms with Crippen molar-refractivity contribution in [3.63, 3.8) is 0 Å². The molecule has 1 aromatic rings. The van der Waals surface area contributed by atoms with Gasteiger partial charge in [0.1, 0.15) is 0 Å². The highest BCUT2D eigenvalue weighted by molar-refractivity contribution is 7.99. The average Bonchev–Trinajstić information content (AvgIpc) is 2.63. The van der Waals surface area contributed by atoms with Crippen LogP contribution >= 0.6 is 11.8 Å². The number of amides is 1. The van der Waals surface area contributed by atoms with E-state index in [-0.39, 0.29) is 5.91 Å². The van der Waals surface area contributed by atoms with Gasteiger partial charge >= 0.3 is 0 Å². The van der Waals surface area contributed by atoms with Crippen molar-refractivity contribution in [1.29, 1.82) is 0 Å². The normalized spacial score (nSPS) is 25.2. The number of nitrogens with one attached hydrogen (secondary N) is 1. The van der Waals surface area contributed by atoms with Crippen LogP contribution in [0, 0.1) is 0 Å². The Bertz CT molecular complexity index is 504. The molecular formula is C18H27N3OS. The molecule has 2 aliphatic heterocycles. The quantitative estimate of drug-likeness (QED) is 0.916. The second-order valence-electron chi connectivity index (χ2n) is 6.51. The summed E-state index contributed by atoms with van der Waals surface area (Å²) >= 11 is 1.95. The third-order valence-corrected chi connectivity index (χ3v) is 6.01. The fourth-order valence-electron chi connectivity index (χ4n) is 3.45. The fourth-order valence-corrected chi connectivity index (χ4v) is 4.40. The minimum atomic E-state index is 0.282. The first kappa shape index (κ1) is 16.7. The number of carbonyl (C=O) groups is 1. The number of benzene rings is 1. The molecule has 0 radical (unpaired) electrons. The van der Waals surface area contributed by atoms with Crippen molar-refractivity contribution in [3.05, 3.63) is 30.3 Å². The van der Waals surface area contributed by atoms with Crippen LogP contribution in [0.25, 0.3) is 0 Å². The molecular weight excluding hydrogens is 306 g/mol. The standard InChI is InChI=1S/C18H27N3OS/c1-20(18(22)12-15-14-23-11-9-19-15)17-8-5-10-21(13-17)16-6-3-2-4-7-16/h2-4,6-7,15,17,19H,5,8-14H2,1H3. The smallest absolute Gasteiger partial charge is 0.224 e. The molecule has 1 aromatic carbocycles. The molecule has 0 saturated carbocycles. The van der Waals surface area contributed by atoms with Gasteiger partial charge in [0.25, 0.3) is 0 Å². The maximum atomic E-state index is 12.6. The fraction of sp³-hybridized carbons (Fsp3) is 0.611. The zero-order valence-corrected chi connectivity index (χ0v) is 14.7. The second kappa shape index (κ2) is 8.06. The van der Waals surface area contributed by atoms with Gasteiger partial charge in [-0.25, -0.2) is 0 Å². The van der Waals surface area contributed by atoms with Gasteiger partial charge in [-0.1, -0.05) is 18.2 Å². The van der Waals surface area contributed by atoms with Crippen LogP contribution in [0.15, 0.2) is 30.3 Å². The molecule has 5 heteroatoms. The first-order valence-electron chi connectivity index (χ1n) is 8.61. The van der Waals surface area contributed by atoms with Crippen LogP contribution in [-0.4, -0.2) is 61.1 Å². The van der Waals surface area contributed by atoms with Gasteiger partial charge in [-0.2, -0.15) is 11.8 Å². The predicted octanol–water partition coefficient (Wildman–Crippen LogP) is 2.21. The zero-order chi connectivity index (χ0) is 16.1. The molecule has 0 bridgehead atoms. The van der Waals surface area contributed by atoms with Gasteiger partial charge in [-0.3, -0.25) is 4.79 Å². The minimum Gasteiger partial charge on any atom is -0.369 e. The lowest BCUT2D eigenvalue weighted by Gasteiger charge is -2.39. The summed E-state index contributed by atoms with van der Waals surface area (Å²) in [6.07, 6.45) is 2.89. The third kappa shape index (κ3) is 4.42. The number of piperidine rings is 1. The van der Waals surface area contributed by atoms with E-state index in [0.29, 0.717) is 18.5 Å². The van der Waals surface area contributed by atoms with Crippen LogP contribution < -0.4 is 10.2 Å². The Morgan fingerprint density at radius 1 is 1.39 bits per heavy atom. The van der Waals surface area contributed by atoms with Gasteiger partial charge in [0.2, 0.25) is 5.91 Å². The van der Waals surface area contributed by atoms with Gasteiger partial charge in [0.15, 0.2) is 0 Å². The summed E-state index contributed by atoms with van der Waals surface area (Å²) in [5.41, 5.74) is 1.27. The highest BCUT2D eigenvalue weighted by Crippen LogP contribution is 2.22. The van der Waals surface area contributed by atoms with Gasteiger partial charge < -0.3 is 15.1 Å². The van der Waals surface area contributed by atoms with E-state index in [2.05, 4.69) is 40.5 Å². The summed E-state index contributed by atoms with van der Waals surface area (Å²) < 4.78 is 0. The van der Waals surface area contributed by atoms with E-state index in [4.69, 9.17) is 0 Å². The SMILES string of the molecule is CN(C(=O)CC1CSCCN1)C1CCCN(c2ccccc2)C1. The van der Waals surface area contributed by atoms with Crippen LogP contribution in [0.1, 0.15) is 19.3 Å². The maximum Gasteiger partial charge on any atom is 0.224 e. The van der Waals surface area contributed by atoms with E-state index in [0.717, 1.165) is 44.0 Å². The van der Waals surface area contributed by atoms with Crippen molar-refractivity contribution in [2.24, 2.45) is 0 Å². The number of rotatable bonds is 4. The zero-order valence-electron chi connectivity index (χ0n) is 13.9. The van der Waals surface area contributed by atoms with E-state index in [1.165, 1.54) is 5.69 Å². The molecule has 0 aromatic heterocycles. The van der Waals surface area contributed by atoms with Crippen molar-refractivity contribution >= 4 is 23.4 Å². The highest BCUT2D eigenvalue weighted by atomic mass is 32.2. The number of hydrogen-bond donors (Lipinski definition) is 1. The second-order valence-corrected chi connectivity index (χ2v) is 7.66. The lowest BCUT2D eigenvalue weighted by atomic mass is 10.0.